The Hall–Kier alpha value is -2.44. The van der Waals surface area contributed by atoms with Gasteiger partial charge in [0, 0.05) is 18.2 Å². The lowest BCUT2D eigenvalue weighted by molar-refractivity contribution is -0.141. The SMILES string of the molecule is Cc1noc2nc(C3CC3)cc(C(=O)N3CCC[C@@H]3C(=O)O)c12. The van der Waals surface area contributed by atoms with Crippen LogP contribution in [0.2, 0.25) is 0 Å². The zero-order chi connectivity index (χ0) is 16.1. The van der Waals surface area contributed by atoms with E-state index in [1.807, 2.05) is 0 Å². The summed E-state index contributed by atoms with van der Waals surface area (Å²) in [5, 5.41) is 13.8. The molecule has 23 heavy (non-hydrogen) atoms. The molecule has 0 aromatic carbocycles. The van der Waals surface area contributed by atoms with Gasteiger partial charge < -0.3 is 14.5 Å². The summed E-state index contributed by atoms with van der Waals surface area (Å²) >= 11 is 0. The number of rotatable bonds is 3. The number of hydrogen-bond donors (Lipinski definition) is 1. The van der Waals surface area contributed by atoms with E-state index in [0.717, 1.165) is 18.5 Å². The number of carboxylic acids is 1. The second-order valence-corrected chi connectivity index (χ2v) is 6.31. The molecule has 1 atom stereocenters. The predicted molar refractivity (Wildman–Crippen MR) is 80.2 cm³/mol. The summed E-state index contributed by atoms with van der Waals surface area (Å²) in [5.41, 5.74) is 2.26. The second-order valence-electron chi connectivity index (χ2n) is 6.31. The molecule has 7 nitrogen and oxygen atoms in total. The maximum Gasteiger partial charge on any atom is 0.326 e. The Morgan fingerprint density at radius 1 is 1.35 bits per heavy atom. The van der Waals surface area contributed by atoms with Crippen molar-refractivity contribution in [3.63, 3.8) is 0 Å². The average Bonchev–Trinajstić information content (AvgIpc) is 3.14. The molecular formula is C16H17N3O4. The first kappa shape index (κ1) is 14.2. The van der Waals surface area contributed by atoms with Crippen molar-refractivity contribution in [3.8, 4) is 0 Å². The van der Waals surface area contributed by atoms with Gasteiger partial charge in [-0.15, -0.1) is 0 Å². The van der Waals surface area contributed by atoms with Gasteiger partial charge in [-0.3, -0.25) is 4.79 Å². The summed E-state index contributed by atoms with van der Waals surface area (Å²) in [5.74, 6) is -0.855. The average molecular weight is 315 g/mol. The van der Waals surface area contributed by atoms with Crippen molar-refractivity contribution in [2.45, 2.75) is 44.6 Å². The molecule has 1 aliphatic heterocycles. The van der Waals surface area contributed by atoms with E-state index >= 15 is 0 Å². The number of aromatic nitrogens is 2. The molecule has 2 aromatic rings. The van der Waals surface area contributed by atoms with Crippen molar-refractivity contribution in [2.24, 2.45) is 0 Å². The zero-order valence-electron chi connectivity index (χ0n) is 12.8. The monoisotopic (exact) mass is 315 g/mol. The maximum atomic E-state index is 13.0. The molecular weight excluding hydrogens is 298 g/mol. The second kappa shape index (κ2) is 5.04. The summed E-state index contributed by atoms with van der Waals surface area (Å²) in [6.45, 7) is 2.22. The normalized spacial score (nSPS) is 21.1. The van der Waals surface area contributed by atoms with Crippen LogP contribution in [0.25, 0.3) is 11.1 Å². The number of fused-ring (bicyclic) bond motifs is 1. The van der Waals surface area contributed by atoms with Crippen LogP contribution in [0.1, 0.15) is 53.3 Å². The summed E-state index contributed by atoms with van der Waals surface area (Å²) in [4.78, 5) is 30.3. The van der Waals surface area contributed by atoms with Gasteiger partial charge in [-0.2, -0.15) is 0 Å². The molecule has 1 saturated heterocycles. The number of aryl methyl sites for hydroxylation is 1. The summed E-state index contributed by atoms with van der Waals surface area (Å²) in [6.07, 6.45) is 3.31. The fraction of sp³-hybridized carbons (Fsp3) is 0.500. The quantitative estimate of drug-likeness (QED) is 0.931. The molecule has 1 aliphatic carbocycles. The number of amides is 1. The van der Waals surface area contributed by atoms with Crippen molar-refractivity contribution in [1.82, 2.24) is 15.0 Å². The van der Waals surface area contributed by atoms with Gasteiger partial charge in [-0.05, 0) is 38.7 Å². The van der Waals surface area contributed by atoms with E-state index in [4.69, 9.17) is 4.52 Å². The van der Waals surface area contributed by atoms with Crippen LogP contribution < -0.4 is 0 Å². The molecule has 0 spiro atoms. The lowest BCUT2D eigenvalue weighted by Crippen LogP contribution is -2.40. The minimum absolute atomic E-state index is 0.268. The largest absolute Gasteiger partial charge is 0.480 e. The van der Waals surface area contributed by atoms with Gasteiger partial charge in [-0.25, -0.2) is 9.78 Å². The lowest BCUT2D eigenvalue weighted by Gasteiger charge is -2.22. The number of aliphatic carboxylic acids is 1. The predicted octanol–water partition coefficient (Wildman–Crippen LogP) is 2.10. The Morgan fingerprint density at radius 2 is 2.13 bits per heavy atom. The topological polar surface area (TPSA) is 96.5 Å². The van der Waals surface area contributed by atoms with E-state index in [-0.39, 0.29) is 5.91 Å². The van der Waals surface area contributed by atoms with Gasteiger partial charge in [0.25, 0.3) is 11.6 Å². The molecule has 0 bridgehead atoms. The lowest BCUT2D eigenvalue weighted by atomic mass is 10.1. The standard InChI is InChI=1S/C16H17N3O4/c1-8-13-10(15(20)19-6-2-3-12(19)16(21)22)7-11(9-4-5-9)17-14(13)23-18-8/h7,9,12H,2-6H2,1H3,(H,21,22)/t12-/m1/s1. The number of carboxylic acid groups (broad SMARTS) is 1. The number of hydrogen-bond acceptors (Lipinski definition) is 5. The number of nitrogens with zero attached hydrogens (tertiary/aromatic N) is 3. The Balaban J connectivity index is 1.81. The van der Waals surface area contributed by atoms with E-state index < -0.39 is 12.0 Å². The third-order valence-electron chi connectivity index (χ3n) is 4.66. The summed E-state index contributed by atoms with van der Waals surface area (Å²) in [6, 6.07) is 1.04. The molecule has 4 rings (SSSR count). The highest BCUT2D eigenvalue weighted by atomic mass is 16.5. The van der Waals surface area contributed by atoms with Crippen LogP contribution >= 0.6 is 0 Å². The number of pyridine rings is 1. The van der Waals surface area contributed by atoms with Gasteiger partial charge in [0.2, 0.25) is 0 Å². The molecule has 0 radical (unpaired) electrons. The van der Waals surface area contributed by atoms with Gasteiger partial charge in [-0.1, -0.05) is 5.16 Å². The van der Waals surface area contributed by atoms with Crippen LogP contribution in [0.4, 0.5) is 0 Å². The van der Waals surface area contributed by atoms with E-state index in [1.165, 1.54) is 4.90 Å². The molecule has 0 unspecified atom stereocenters. The van der Waals surface area contributed by atoms with E-state index in [2.05, 4.69) is 10.1 Å². The molecule has 7 heteroatoms. The van der Waals surface area contributed by atoms with Crippen LogP contribution in [0.15, 0.2) is 10.6 Å². The first-order valence-electron chi connectivity index (χ1n) is 7.87. The number of carbonyl (C=O) groups is 2. The first-order chi connectivity index (χ1) is 11.1. The Labute approximate surface area is 132 Å². The van der Waals surface area contributed by atoms with E-state index in [9.17, 15) is 14.7 Å². The van der Waals surface area contributed by atoms with Crippen molar-refractivity contribution in [2.75, 3.05) is 6.54 Å². The van der Waals surface area contributed by atoms with E-state index in [0.29, 0.717) is 47.7 Å². The first-order valence-corrected chi connectivity index (χ1v) is 7.87. The van der Waals surface area contributed by atoms with Crippen LogP contribution in [0.5, 0.6) is 0 Å². The van der Waals surface area contributed by atoms with Crippen molar-refractivity contribution in [3.05, 3.63) is 23.0 Å². The van der Waals surface area contributed by atoms with Gasteiger partial charge in [0.1, 0.15) is 6.04 Å². The van der Waals surface area contributed by atoms with Gasteiger partial charge in [0.05, 0.1) is 16.6 Å². The van der Waals surface area contributed by atoms with Crippen LogP contribution in [0, 0.1) is 6.92 Å². The Kier molecular flexibility index (Phi) is 3.11. The zero-order valence-corrected chi connectivity index (χ0v) is 12.8. The fourth-order valence-electron chi connectivity index (χ4n) is 3.29. The minimum atomic E-state index is -0.953. The van der Waals surface area contributed by atoms with Crippen LogP contribution in [-0.4, -0.2) is 44.6 Å². The van der Waals surface area contributed by atoms with Gasteiger partial charge in [0.15, 0.2) is 0 Å². The van der Waals surface area contributed by atoms with Gasteiger partial charge >= 0.3 is 5.97 Å². The highest BCUT2D eigenvalue weighted by Crippen LogP contribution is 2.40. The smallest absolute Gasteiger partial charge is 0.326 e. The molecule has 2 fully saturated rings. The number of likely N-dealkylation sites (tertiary alicyclic amines) is 1. The molecule has 1 amide bonds. The third-order valence-corrected chi connectivity index (χ3v) is 4.66. The van der Waals surface area contributed by atoms with Crippen LogP contribution in [-0.2, 0) is 4.79 Å². The van der Waals surface area contributed by atoms with E-state index in [1.54, 1.807) is 13.0 Å². The Bertz CT molecular complexity index is 809. The van der Waals surface area contributed by atoms with Crippen molar-refractivity contribution in [1.29, 1.82) is 0 Å². The molecule has 120 valence electrons. The minimum Gasteiger partial charge on any atom is -0.480 e. The molecule has 3 heterocycles. The molecule has 1 N–H and O–H groups in total. The van der Waals surface area contributed by atoms with Crippen LogP contribution in [0.3, 0.4) is 0 Å². The highest BCUT2D eigenvalue weighted by Gasteiger charge is 2.36. The molecule has 2 aromatic heterocycles. The molecule has 2 aliphatic rings. The maximum absolute atomic E-state index is 13.0. The Morgan fingerprint density at radius 3 is 2.83 bits per heavy atom. The van der Waals surface area contributed by atoms with Crippen molar-refractivity contribution >= 4 is 23.0 Å². The summed E-state index contributed by atoms with van der Waals surface area (Å²) in [7, 11) is 0. The third kappa shape index (κ3) is 2.27. The summed E-state index contributed by atoms with van der Waals surface area (Å²) < 4.78 is 5.25. The highest BCUT2D eigenvalue weighted by molar-refractivity contribution is 6.07. The number of carbonyl (C=O) groups excluding carboxylic acids is 1. The molecule has 1 saturated carbocycles. The van der Waals surface area contributed by atoms with Crippen molar-refractivity contribution < 1.29 is 19.2 Å². The fourth-order valence-corrected chi connectivity index (χ4v) is 3.29.